The monoisotopic (exact) mass is 308 g/mol. The lowest BCUT2D eigenvalue weighted by Crippen LogP contribution is -2.08. The van der Waals surface area contributed by atoms with E-state index in [4.69, 9.17) is 5.73 Å². The van der Waals surface area contributed by atoms with Gasteiger partial charge in [0.15, 0.2) is 0 Å². The molecule has 0 aliphatic heterocycles. The first-order valence-corrected chi connectivity index (χ1v) is 6.48. The first-order chi connectivity index (χ1) is 8.66. The fraction of sp³-hybridized carbons (Fsp3) is 0.143. The van der Waals surface area contributed by atoms with Gasteiger partial charge in [-0.1, -0.05) is 34.1 Å². The summed E-state index contributed by atoms with van der Waals surface area (Å²) in [5.41, 5.74) is 7.72. The standard InChI is InChI=1S/C14H14BrFN2/c15-11-4-1-3-10(9-11)7-8-18-14-12(16)5-2-6-13(14)17/h1-6,9,18H,7-8,17H2. The van der Waals surface area contributed by atoms with Gasteiger partial charge in [-0.15, -0.1) is 0 Å². The number of nitrogens with one attached hydrogen (secondary N) is 1. The van der Waals surface area contributed by atoms with Crippen LogP contribution in [0.1, 0.15) is 5.56 Å². The average molecular weight is 309 g/mol. The van der Waals surface area contributed by atoms with Crippen molar-refractivity contribution in [2.24, 2.45) is 0 Å². The summed E-state index contributed by atoms with van der Waals surface area (Å²) in [4.78, 5) is 0. The van der Waals surface area contributed by atoms with Crippen molar-refractivity contribution in [2.75, 3.05) is 17.6 Å². The van der Waals surface area contributed by atoms with Gasteiger partial charge >= 0.3 is 0 Å². The molecular weight excluding hydrogens is 295 g/mol. The fourth-order valence-corrected chi connectivity index (χ4v) is 2.20. The second kappa shape index (κ2) is 5.87. The molecule has 0 bridgehead atoms. The van der Waals surface area contributed by atoms with Gasteiger partial charge in [-0.2, -0.15) is 0 Å². The van der Waals surface area contributed by atoms with Crippen molar-refractivity contribution in [1.29, 1.82) is 0 Å². The third-order valence-electron chi connectivity index (χ3n) is 2.65. The molecule has 0 atom stereocenters. The van der Waals surface area contributed by atoms with Crippen LogP contribution < -0.4 is 11.1 Å². The predicted molar refractivity (Wildman–Crippen MR) is 77.1 cm³/mol. The summed E-state index contributed by atoms with van der Waals surface area (Å²) in [5, 5.41) is 3.03. The van der Waals surface area contributed by atoms with Crippen LogP contribution in [0.25, 0.3) is 0 Å². The van der Waals surface area contributed by atoms with Crippen molar-refractivity contribution in [2.45, 2.75) is 6.42 Å². The van der Waals surface area contributed by atoms with Crippen LogP contribution in [0.3, 0.4) is 0 Å². The normalized spacial score (nSPS) is 10.3. The minimum Gasteiger partial charge on any atom is -0.397 e. The molecule has 94 valence electrons. The van der Waals surface area contributed by atoms with Crippen LogP contribution in [-0.2, 0) is 6.42 Å². The molecule has 2 nitrogen and oxygen atoms in total. The number of hydrogen-bond donors (Lipinski definition) is 2. The SMILES string of the molecule is Nc1cccc(F)c1NCCc1cccc(Br)c1. The highest BCUT2D eigenvalue weighted by molar-refractivity contribution is 9.10. The minimum absolute atomic E-state index is 0.316. The lowest BCUT2D eigenvalue weighted by molar-refractivity contribution is 0.630. The van der Waals surface area contributed by atoms with E-state index in [9.17, 15) is 4.39 Å². The second-order valence-electron chi connectivity index (χ2n) is 4.01. The molecule has 0 unspecified atom stereocenters. The number of nitrogens with two attached hydrogens (primary N) is 1. The van der Waals surface area contributed by atoms with Crippen LogP contribution in [-0.4, -0.2) is 6.54 Å². The Morgan fingerprint density at radius 3 is 2.67 bits per heavy atom. The van der Waals surface area contributed by atoms with Gasteiger partial charge in [0.25, 0.3) is 0 Å². The summed E-state index contributed by atoms with van der Waals surface area (Å²) >= 11 is 3.42. The van der Waals surface area contributed by atoms with Gasteiger partial charge in [0.1, 0.15) is 5.82 Å². The Labute approximate surface area is 114 Å². The molecule has 2 aromatic rings. The van der Waals surface area contributed by atoms with Gasteiger partial charge in [-0.25, -0.2) is 4.39 Å². The van der Waals surface area contributed by atoms with Gasteiger partial charge in [-0.05, 0) is 36.2 Å². The lowest BCUT2D eigenvalue weighted by atomic mass is 10.1. The Bertz CT molecular complexity index is 523. The predicted octanol–water partition coefficient (Wildman–Crippen LogP) is 3.83. The molecule has 0 aliphatic rings. The van der Waals surface area contributed by atoms with Crippen LogP contribution in [0, 0.1) is 5.82 Å². The Morgan fingerprint density at radius 1 is 1.17 bits per heavy atom. The van der Waals surface area contributed by atoms with Crippen LogP contribution in [0.4, 0.5) is 15.8 Å². The molecule has 3 N–H and O–H groups in total. The van der Waals surface area contributed by atoms with Crippen molar-refractivity contribution in [3.05, 3.63) is 58.3 Å². The van der Waals surface area contributed by atoms with E-state index in [0.717, 1.165) is 10.9 Å². The zero-order valence-corrected chi connectivity index (χ0v) is 11.4. The number of benzene rings is 2. The Balaban J connectivity index is 1.97. The van der Waals surface area contributed by atoms with Crippen LogP contribution in [0.5, 0.6) is 0 Å². The molecule has 0 amide bonds. The zero-order valence-electron chi connectivity index (χ0n) is 9.79. The number of anilines is 2. The highest BCUT2D eigenvalue weighted by atomic mass is 79.9. The molecule has 0 aromatic heterocycles. The van der Waals surface area contributed by atoms with E-state index in [1.807, 2.05) is 24.3 Å². The molecule has 2 rings (SSSR count). The Hall–Kier alpha value is -1.55. The van der Waals surface area contributed by atoms with E-state index in [-0.39, 0.29) is 5.82 Å². The summed E-state index contributed by atoms with van der Waals surface area (Å²) in [5.74, 6) is -0.316. The van der Waals surface area contributed by atoms with Crippen LogP contribution in [0.2, 0.25) is 0 Å². The summed E-state index contributed by atoms with van der Waals surface area (Å²) < 4.78 is 14.5. The third-order valence-corrected chi connectivity index (χ3v) is 3.14. The highest BCUT2D eigenvalue weighted by Gasteiger charge is 2.04. The molecule has 4 heteroatoms. The van der Waals surface area contributed by atoms with E-state index in [2.05, 4.69) is 21.2 Å². The number of nitrogen functional groups attached to an aromatic ring is 1. The first-order valence-electron chi connectivity index (χ1n) is 5.69. The van der Waals surface area contributed by atoms with Crippen molar-refractivity contribution < 1.29 is 4.39 Å². The summed E-state index contributed by atoms with van der Waals surface area (Å²) in [6, 6.07) is 12.7. The van der Waals surface area contributed by atoms with Gasteiger partial charge in [-0.3, -0.25) is 0 Å². The Morgan fingerprint density at radius 2 is 1.94 bits per heavy atom. The average Bonchev–Trinajstić information content (AvgIpc) is 2.33. The zero-order chi connectivity index (χ0) is 13.0. The summed E-state index contributed by atoms with van der Waals surface area (Å²) in [6.45, 7) is 0.640. The smallest absolute Gasteiger partial charge is 0.148 e. The molecular formula is C14H14BrFN2. The van der Waals surface area contributed by atoms with Crippen LogP contribution in [0.15, 0.2) is 46.9 Å². The minimum atomic E-state index is -0.316. The van der Waals surface area contributed by atoms with E-state index >= 15 is 0 Å². The molecule has 0 radical (unpaired) electrons. The number of para-hydroxylation sites is 1. The Kier molecular flexibility index (Phi) is 4.20. The van der Waals surface area contributed by atoms with Crippen molar-refractivity contribution >= 4 is 27.3 Å². The van der Waals surface area contributed by atoms with Crippen molar-refractivity contribution in [3.8, 4) is 0 Å². The van der Waals surface area contributed by atoms with Gasteiger partial charge in [0.05, 0.1) is 11.4 Å². The molecule has 18 heavy (non-hydrogen) atoms. The molecule has 0 saturated carbocycles. The highest BCUT2D eigenvalue weighted by Crippen LogP contribution is 2.21. The maximum Gasteiger partial charge on any atom is 0.148 e. The number of hydrogen-bond acceptors (Lipinski definition) is 2. The van der Waals surface area contributed by atoms with Crippen LogP contribution >= 0.6 is 15.9 Å². The molecule has 0 saturated heterocycles. The van der Waals surface area contributed by atoms with E-state index in [1.54, 1.807) is 12.1 Å². The van der Waals surface area contributed by atoms with E-state index in [0.29, 0.717) is 17.9 Å². The molecule has 0 aliphatic carbocycles. The maximum absolute atomic E-state index is 13.5. The van der Waals surface area contributed by atoms with E-state index in [1.165, 1.54) is 11.6 Å². The molecule has 0 fully saturated rings. The van der Waals surface area contributed by atoms with Gasteiger partial charge in [0, 0.05) is 11.0 Å². The summed E-state index contributed by atoms with van der Waals surface area (Å²) in [6.07, 6.45) is 0.813. The number of rotatable bonds is 4. The topological polar surface area (TPSA) is 38.0 Å². The first kappa shape index (κ1) is 12.9. The lowest BCUT2D eigenvalue weighted by Gasteiger charge is -2.10. The maximum atomic E-state index is 13.5. The quantitative estimate of drug-likeness (QED) is 0.843. The molecule has 2 aromatic carbocycles. The number of halogens is 2. The van der Waals surface area contributed by atoms with Crippen molar-refractivity contribution in [3.63, 3.8) is 0 Å². The van der Waals surface area contributed by atoms with Gasteiger partial charge < -0.3 is 11.1 Å². The van der Waals surface area contributed by atoms with Crippen molar-refractivity contribution in [1.82, 2.24) is 0 Å². The molecule has 0 heterocycles. The summed E-state index contributed by atoms with van der Waals surface area (Å²) in [7, 11) is 0. The second-order valence-corrected chi connectivity index (χ2v) is 4.93. The third kappa shape index (κ3) is 3.23. The fourth-order valence-electron chi connectivity index (χ4n) is 1.75. The van der Waals surface area contributed by atoms with Gasteiger partial charge in [0.2, 0.25) is 0 Å². The molecule has 0 spiro atoms. The largest absolute Gasteiger partial charge is 0.397 e. The van der Waals surface area contributed by atoms with E-state index < -0.39 is 0 Å².